The van der Waals surface area contributed by atoms with E-state index in [-0.39, 0.29) is 16.7 Å². The number of nitrogens with zero attached hydrogens (tertiary/aromatic N) is 3. The van der Waals surface area contributed by atoms with Crippen molar-refractivity contribution in [3.05, 3.63) is 40.1 Å². The number of aromatic nitrogens is 3. The summed E-state index contributed by atoms with van der Waals surface area (Å²) >= 11 is 0. The van der Waals surface area contributed by atoms with Crippen LogP contribution in [0.1, 0.15) is 0 Å². The highest BCUT2D eigenvalue weighted by molar-refractivity contribution is 5.91. The summed E-state index contributed by atoms with van der Waals surface area (Å²) in [5.41, 5.74) is -1.26. The van der Waals surface area contributed by atoms with Crippen LogP contribution in [-0.4, -0.2) is 46.2 Å². The molecular formula is C17H16F2N4O3. The fourth-order valence-corrected chi connectivity index (χ4v) is 3.19. The third-order valence-corrected chi connectivity index (χ3v) is 4.47. The van der Waals surface area contributed by atoms with Crippen molar-refractivity contribution in [2.75, 3.05) is 31.2 Å². The van der Waals surface area contributed by atoms with Crippen LogP contribution in [0.3, 0.4) is 0 Å². The molecule has 2 aromatic heterocycles. The van der Waals surface area contributed by atoms with Crippen LogP contribution in [0.2, 0.25) is 0 Å². The molecule has 0 spiro atoms. The average Bonchev–Trinajstić information content (AvgIpc) is 2.96. The van der Waals surface area contributed by atoms with E-state index in [2.05, 4.69) is 10.1 Å². The molecule has 1 aliphatic heterocycles. The minimum Gasteiger partial charge on any atom is -0.503 e. The lowest BCUT2D eigenvalue weighted by molar-refractivity contribution is 0.122. The third-order valence-electron chi connectivity index (χ3n) is 4.47. The van der Waals surface area contributed by atoms with Gasteiger partial charge in [0.2, 0.25) is 5.43 Å². The van der Waals surface area contributed by atoms with E-state index in [4.69, 9.17) is 4.74 Å². The topological polar surface area (TPSA) is 83.4 Å². The fraction of sp³-hybridized carbons (Fsp3) is 0.294. The number of H-pyrrole nitrogens is 1. The Morgan fingerprint density at radius 2 is 1.88 bits per heavy atom. The maximum Gasteiger partial charge on any atom is 0.237 e. The van der Waals surface area contributed by atoms with Gasteiger partial charge in [0.25, 0.3) is 0 Å². The van der Waals surface area contributed by atoms with Gasteiger partial charge in [0.05, 0.1) is 24.5 Å². The molecule has 0 atom stereocenters. The summed E-state index contributed by atoms with van der Waals surface area (Å²) in [5.74, 6) is -2.11. The second-order valence-corrected chi connectivity index (χ2v) is 6.04. The van der Waals surface area contributed by atoms with Crippen LogP contribution in [0.4, 0.5) is 14.6 Å². The van der Waals surface area contributed by atoms with E-state index >= 15 is 0 Å². The number of ether oxygens (including phenoxy) is 1. The van der Waals surface area contributed by atoms with E-state index in [1.54, 1.807) is 7.05 Å². The summed E-state index contributed by atoms with van der Waals surface area (Å²) in [6.45, 7) is 2.10. The van der Waals surface area contributed by atoms with E-state index in [0.717, 1.165) is 12.1 Å². The molecule has 9 heteroatoms. The zero-order valence-electron chi connectivity index (χ0n) is 13.9. The number of benzene rings is 1. The second-order valence-electron chi connectivity index (χ2n) is 6.04. The summed E-state index contributed by atoms with van der Waals surface area (Å²) in [5, 5.41) is 14.9. The van der Waals surface area contributed by atoms with Crippen LogP contribution in [0.25, 0.3) is 22.3 Å². The Hall–Kier alpha value is -2.94. The zero-order chi connectivity index (χ0) is 18.4. The molecule has 136 valence electrons. The molecule has 0 bridgehead atoms. The van der Waals surface area contributed by atoms with Crippen molar-refractivity contribution in [1.82, 2.24) is 14.8 Å². The van der Waals surface area contributed by atoms with E-state index in [9.17, 15) is 18.7 Å². The van der Waals surface area contributed by atoms with Gasteiger partial charge in [-0.05, 0) is 12.1 Å². The van der Waals surface area contributed by atoms with Crippen molar-refractivity contribution < 1.29 is 18.6 Å². The van der Waals surface area contributed by atoms with Gasteiger partial charge in [0.1, 0.15) is 22.7 Å². The SMILES string of the molecule is Cn1nc(N2CCOCC2)c2c(=O)c(O)c(-c3c(F)cccc3F)[nH]c21. The molecular weight excluding hydrogens is 346 g/mol. The van der Waals surface area contributed by atoms with Gasteiger partial charge in [-0.15, -0.1) is 0 Å². The number of fused-ring (bicyclic) bond motifs is 1. The van der Waals surface area contributed by atoms with Crippen molar-refractivity contribution in [2.45, 2.75) is 0 Å². The highest BCUT2D eigenvalue weighted by atomic mass is 19.1. The number of nitrogens with one attached hydrogen (secondary N) is 1. The van der Waals surface area contributed by atoms with Gasteiger partial charge < -0.3 is 19.7 Å². The first kappa shape index (κ1) is 16.5. The normalized spacial score (nSPS) is 15.0. The van der Waals surface area contributed by atoms with Crippen molar-refractivity contribution in [3.8, 4) is 17.0 Å². The maximum atomic E-state index is 14.1. The Morgan fingerprint density at radius 1 is 1.23 bits per heavy atom. The Morgan fingerprint density at radius 3 is 2.54 bits per heavy atom. The number of morpholine rings is 1. The third kappa shape index (κ3) is 2.43. The number of aromatic amines is 1. The molecule has 3 heterocycles. The average molecular weight is 362 g/mol. The summed E-state index contributed by atoms with van der Waals surface area (Å²) in [4.78, 5) is 17.4. The minimum atomic E-state index is -0.883. The summed E-state index contributed by atoms with van der Waals surface area (Å²) in [7, 11) is 1.61. The number of hydrogen-bond donors (Lipinski definition) is 2. The van der Waals surface area contributed by atoms with Gasteiger partial charge in [-0.25, -0.2) is 13.5 Å². The van der Waals surface area contributed by atoms with Crippen molar-refractivity contribution >= 4 is 16.9 Å². The Balaban J connectivity index is 1.98. The van der Waals surface area contributed by atoms with Gasteiger partial charge >= 0.3 is 0 Å². The van der Waals surface area contributed by atoms with Crippen molar-refractivity contribution in [1.29, 1.82) is 0 Å². The van der Waals surface area contributed by atoms with Crippen molar-refractivity contribution in [2.24, 2.45) is 7.05 Å². The number of hydrogen-bond acceptors (Lipinski definition) is 5. The molecule has 4 rings (SSSR count). The zero-order valence-corrected chi connectivity index (χ0v) is 13.9. The molecule has 1 fully saturated rings. The van der Waals surface area contributed by atoms with Crippen LogP contribution in [0.15, 0.2) is 23.0 Å². The molecule has 1 aliphatic rings. The smallest absolute Gasteiger partial charge is 0.237 e. The molecule has 3 aromatic rings. The van der Waals surface area contributed by atoms with Gasteiger partial charge in [-0.1, -0.05) is 6.07 Å². The number of pyridine rings is 1. The predicted octanol–water partition coefficient (Wildman–Crippen LogP) is 1.75. The monoisotopic (exact) mass is 362 g/mol. The minimum absolute atomic E-state index is 0.174. The van der Waals surface area contributed by atoms with Crippen LogP contribution in [-0.2, 0) is 11.8 Å². The van der Waals surface area contributed by atoms with E-state index in [1.165, 1.54) is 10.7 Å². The van der Waals surface area contributed by atoms with E-state index < -0.39 is 28.4 Å². The van der Waals surface area contributed by atoms with Gasteiger partial charge in [-0.2, -0.15) is 5.10 Å². The number of aryl methyl sites for hydroxylation is 1. The van der Waals surface area contributed by atoms with Crippen LogP contribution >= 0.6 is 0 Å². The summed E-state index contributed by atoms with van der Waals surface area (Å²) < 4.78 is 35.0. The number of anilines is 1. The quantitative estimate of drug-likeness (QED) is 0.726. The van der Waals surface area contributed by atoms with Crippen LogP contribution in [0.5, 0.6) is 5.75 Å². The Kier molecular flexibility index (Phi) is 3.87. The molecule has 1 saturated heterocycles. The molecule has 2 N–H and O–H groups in total. The van der Waals surface area contributed by atoms with Crippen LogP contribution < -0.4 is 10.3 Å². The molecule has 0 unspecified atom stereocenters. The number of aromatic hydroxyl groups is 1. The van der Waals surface area contributed by atoms with Gasteiger partial charge in [0, 0.05) is 20.1 Å². The first-order chi connectivity index (χ1) is 12.5. The molecule has 0 saturated carbocycles. The molecule has 7 nitrogen and oxygen atoms in total. The molecule has 0 amide bonds. The van der Waals surface area contributed by atoms with Crippen molar-refractivity contribution in [3.63, 3.8) is 0 Å². The molecule has 0 radical (unpaired) electrons. The molecule has 1 aromatic carbocycles. The maximum absolute atomic E-state index is 14.1. The largest absolute Gasteiger partial charge is 0.503 e. The highest BCUT2D eigenvalue weighted by Crippen LogP contribution is 2.33. The lowest BCUT2D eigenvalue weighted by Gasteiger charge is -2.26. The van der Waals surface area contributed by atoms with E-state index in [0.29, 0.717) is 32.1 Å². The predicted molar refractivity (Wildman–Crippen MR) is 91.4 cm³/mol. The Bertz CT molecular complexity index is 1030. The van der Waals surface area contributed by atoms with Gasteiger partial charge in [0.15, 0.2) is 11.6 Å². The fourth-order valence-electron chi connectivity index (χ4n) is 3.19. The standard InChI is InChI=1S/C17H16F2N4O3/c1-22-16-12(17(21-22)23-5-7-26-8-6-23)14(24)15(25)13(20-16)11-9(18)3-2-4-10(11)19/h2-4,25H,5-8H2,1H3,(H,20,24). The highest BCUT2D eigenvalue weighted by Gasteiger charge is 2.26. The molecule has 26 heavy (non-hydrogen) atoms. The van der Waals surface area contributed by atoms with Gasteiger partial charge in [-0.3, -0.25) is 4.79 Å². The van der Waals surface area contributed by atoms with E-state index in [1.807, 2.05) is 4.90 Å². The lowest BCUT2D eigenvalue weighted by atomic mass is 10.1. The number of rotatable bonds is 2. The Labute approximate surface area is 146 Å². The summed E-state index contributed by atoms with van der Waals surface area (Å²) in [6.07, 6.45) is 0. The lowest BCUT2D eigenvalue weighted by Crippen LogP contribution is -2.37. The summed E-state index contributed by atoms with van der Waals surface area (Å²) in [6, 6.07) is 3.33. The molecule has 0 aliphatic carbocycles. The first-order valence-electron chi connectivity index (χ1n) is 8.08. The second kappa shape index (κ2) is 6.10. The van der Waals surface area contributed by atoms with Crippen LogP contribution in [0, 0.1) is 11.6 Å². The number of halogens is 2. The first-order valence-corrected chi connectivity index (χ1v) is 8.08.